The first-order chi connectivity index (χ1) is 25.3. The normalized spacial score (nSPS) is 13.0. The molecular weight excluding hydrogens is 714 g/mol. The lowest BCUT2D eigenvalue weighted by Gasteiger charge is -2.32. The number of nitrogens with one attached hydrogen (secondary N) is 3. The summed E-state index contributed by atoms with van der Waals surface area (Å²) < 4.78 is 7.43. The number of aliphatic carboxylic acids is 5. The molecule has 0 saturated heterocycles. The van der Waals surface area contributed by atoms with E-state index in [2.05, 4.69) is 16.0 Å². The van der Waals surface area contributed by atoms with Gasteiger partial charge in [-0.25, -0.2) is 42.2 Å². The Labute approximate surface area is 311 Å². The van der Waals surface area contributed by atoms with Gasteiger partial charge in [0.05, 0.1) is 33.7 Å². The lowest BCUT2D eigenvalue weighted by molar-refractivity contribution is -0.951. The fourth-order valence-corrected chi connectivity index (χ4v) is 5.94. The van der Waals surface area contributed by atoms with Gasteiger partial charge in [-0.3, -0.25) is 9.59 Å². The van der Waals surface area contributed by atoms with Gasteiger partial charge in [0.1, 0.15) is 36.9 Å². The van der Waals surface area contributed by atoms with E-state index >= 15 is 0 Å². The zero-order valence-corrected chi connectivity index (χ0v) is 30.8. The highest BCUT2D eigenvalue weighted by atomic mass is 16.4. The van der Waals surface area contributed by atoms with Gasteiger partial charge in [-0.2, -0.15) is 0 Å². The fourth-order valence-electron chi connectivity index (χ4n) is 5.94. The minimum absolute atomic E-state index is 0.0211. The Morgan fingerprint density at radius 2 is 1.20 bits per heavy atom. The number of quaternary nitrogens is 1. The van der Waals surface area contributed by atoms with E-state index in [-0.39, 0.29) is 38.9 Å². The van der Waals surface area contributed by atoms with Crippen LogP contribution in [0, 0.1) is 0 Å². The molecule has 3 amide bonds. The van der Waals surface area contributed by atoms with Crippen LogP contribution in [0.5, 0.6) is 0 Å². The lowest BCUT2D eigenvalue weighted by atomic mass is 10.1. The van der Waals surface area contributed by atoms with Crippen LogP contribution in [0.15, 0.2) is 24.8 Å². The molecule has 0 aliphatic carbocycles. The molecule has 2 rings (SSSR count). The second-order valence-electron chi connectivity index (χ2n) is 13.6. The maximum atomic E-state index is 12.7. The average molecular weight is 769 g/mol. The van der Waals surface area contributed by atoms with Crippen molar-refractivity contribution in [2.24, 2.45) is 19.8 Å². The van der Waals surface area contributed by atoms with Gasteiger partial charge in [-0.1, -0.05) is 0 Å². The molecule has 21 nitrogen and oxygen atoms in total. The quantitative estimate of drug-likeness (QED) is 0.0288. The van der Waals surface area contributed by atoms with Gasteiger partial charge in [0.15, 0.2) is 26.2 Å². The molecule has 2 aromatic rings. The summed E-state index contributed by atoms with van der Waals surface area (Å²) in [6.07, 6.45) is 8.28. The molecule has 0 spiro atoms. The van der Waals surface area contributed by atoms with Gasteiger partial charge in [0.25, 0.3) is 0 Å². The lowest BCUT2D eigenvalue weighted by Crippen LogP contribution is -2.51. The van der Waals surface area contributed by atoms with Crippen molar-refractivity contribution in [1.82, 2.24) is 25.1 Å². The highest BCUT2D eigenvalue weighted by molar-refractivity contribution is 5.86. The van der Waals surface area contributed by atoms with Crippen LogP contribution in [0.25, 0.3) is 0 Å². The fraction of sp³-hybridized carbons (Fsp3) is 0.606. The van der Waals surface area contributed by atoms with Crippen molar-refractivity contribution in [3.05, 3.63) is 36.4 Å². The van der Waals surface area contributed by atoms with E-state index in [1.54, 1.807) is 33.9 Å². The number of amides is 3. The van der Waals surface area contributed by atoms with Crippen LogP contribution in [-0.4, -0.2) is 119 Å². The number of nitrogens with two attached hydrogens (primary N) is 1. The summed E-state index contributed by atoms with van der Waals surface area (Å²) in [5.74, 6) is -4.89. The Bertz CT molecular complexity index is 1580. The molecule has 0 aliphatic heterocycles. The summed E-state index contributed by atoms with van der Waals surface area (Å²) in [6.45, 7) is 1.21. The molecule has 2 aromatic heterocycles. The number of carbonyl (C=O) groups excluding carboxylic acids is 2. The van der Waals surface area contributed by atoms with Gasteiger partial charge in [0, 0.05) is 13.0 Å². The number of carboxylic acids is 5. The maximum Gasteiger partial charge on any atom is 0.346 e. The summed E-state index contributed by atoms with van der Waals surface area (Å²) in [6, 6.07) is -4.76. The molecule has 0 aliphatic rings. The van der Waals surface area contributed by atoms with Crippen LogP contribution < -0.4 is 30.8 Å². The van der Waals surface area contributed by atoms with Crippen molar-refractivity contribution < 1.29 is 72.7 Å². The van der Waals surface area contributed by atoms with Crippen molar-refractivity contribution in [2.45, 2.75) is 95.7 Å². The topological polar surface area (TPSA) is 300 Å². The molecule has 0 saturated carbocycles. The zero-order chi connectivity index (χ0) is 40.6. The zero-order valence-electron chi connectivity index (χ0n) is 30.8. The summed E-state index contributed by atoms with van der Waals surface area (Å²) in [7, 11) is 5.67. The van der Waals surface area contributed by atoms with Crippen LogP contribution in [0.1, 0.15) is 63.0 Å². The number of imidazole rings is 2. The minimum atomic E-state index is -1.52. The number of urea groups is 1. The highest BCUT2D eigenvalue weighted by Crippen LogP contribution is 2.18. The molecule has 10 N–H and O–H groups in total. The predicted molar refractivity (Wildman–Crippen MR) is 185 cm³/mol. The molecule has 54 heavy (non-hydrogen) atoms. The van der Waals surface area contributed by atoms with E-state index in [0.717, 1.165) is 11.6 Å². The maximum absolute atomic E-state index is 12.7. The number of carboxylic acid groups (broad SMARTS) is 5. The molecule has 0 radical (unpaired) electrons. The van der Waals surface area contributed by atoms with Crippen LogP contribution >= 0.6 is 0 Å². The van der Waals surface area contributed by atoms with E-state index in [4.69, 9.17) is 10.8 Å². The van der Waals surface area contributed by atoms with E-state index in [1.807, 2.05) is 30.3 Å². The van der Waals surface area contributed by atoms with E-state index in [0.29, 0.717) is 49.8 Å². The van der Waals surface area contributed by atoms with Gasteiger partial charge in [-0.15, -0.1) is 0 Å². The van der Waals surface area contributed by atoms with E-state index < -0.39 is 66.3 Å². The molecule has 21 heteroatoms. The molecule has 3 atom stereocenters. The Morgan fingerprint density at radius 3 is 1.67 bits per heavy atom. The first-order valence-electron chi connectivity index (χ1n) is 17.4. The molecule has 300 valence electrons. The molecule has 0 aromatic carbocycles. The van der Waals surface area contributed by atoms with Gasteiger partial charge < -0.3 is 51.7 Å². The molecule has 2 heterocycles. The number of nitrogens with zero attached hydrogens (tertiary/aromatic N) is 5. The van der Waals surface area contributed by atoms with Gasteiger partial charge in [-0.05, 0) is 44.9 Å². The van der Waals surface area contributed by atoms with Crippen molar-refractivity contribution >= 4 is 41.8 Å². The second kappa shape index (κ2) is 21.2. The minimum Gasteiger partial charge on any atom is -0.481 e. The smallest absolute Gasteiger partial charge is 0.346 e. The number of unbranched alkanes of at least 4 members (excludes halogenated alkanes) is 2. The number of hydrogen-bond donors (Lipinski definition) is 9. The summed E-state index contributed by atoms with van der Waals surface area (Å²) in [5, 5.41) is 53.3. The van der Waals surface area contributed by atoms with Crippen molar-refractivity contribution in [1.29, 1.82) is 0 Å². The second-order valence-corrected chi connectivity index (χ2v) is 13.6. The third-order valence-electron chi connectivity index (χ3n) is 8.95. The Balaban J connectivity index is 1.91. The van der Waals surface area contributed by atoms with Gasteiger partial charge in [0.2, 0.25) is 5.91 Å². The third-order valence-corrected chi connectivity index (χ3v) is 8.95. The summed E-state index contributed by atoms with van der Waals surface area (Å²) in [5.41, 5.74) is 6.17. The highest BCUT2D eigenvalue weighted by Gasteiger charge is 2.35. The number of hydrogen-bond acceptors (Lipinski definition) is 8. The first kappa shape index (κ1) is 44.6. The standard InChI is InChI=1S/C33H51N9O12/c1-38-13-15-40(18-28(45)46)25(38)20-42(3,21-26-39(2)14-16-41(26)19-29(47)48)17-7-5-8-22(34)30(49)35-12-6-4-9-23(31(50)51)36-33(54)37-24(32(52)53)10-11-27(43)44/h13-16,22-24H,4-12,17-21,34H2,1-3H3,(H5-3,35,36,37,43,44,45,46,47,48,49,50,51,52,53,54)/p+3/t22-,23?,24?/m0/s1. The number of rotatable bonds is 26. The van der Waals surface area contributed by atoms with Gasteiger partial charge >= 0.3 is 47.5 Å². The monoisotopic (exact) mass is 768 g/mol. The Morgan fingerprint density at radius 1 is 0.722 bits per heavy atom. The van der Waals surface area contributed by atoms with Crippen molar-refractivity contribution in [3.8, 4) is 0 Å². The molecule has 0 fully saturated rings. The number of aromatic nitrogens is 4. The summed E-state index contributed by atoms with van der Waals surface area (Å²) in [4.78, 5) is 81.6. The van der Waals surface area contributed by atoms with Crippen LogP contribution in [-0.2, 0) is 69.0 Å². The van der Waals surface area contributed by atoms with Crippen molar-refractivity contribution in [2.75, 3.05) is 20.1 Å². The SMILES string of the molecule is C[n+]1ccn(CC(=O)O)c1C[N+](C)(CCCC[C@H](N)C(=O)NCCCCC(NC(=O)NC(CCC(=O)O)C(=O)O)C(=O)O)Cc1n(CC(=O)O)cc[n+]1C. The average Bonchev–Trinajstić information content (AvgIpc) is 3.58. The third kappa shape index (κ3) is 15.2. The molecule has 0 bridgehead atoms. The first-order valence-corrected chi connectivity index (χ1v) is 17.4. The molecular formula is C33H54N9O12+3. The summed E-state index contributed by atoms with van der Waals surface area (Å²) >= 11 is 0. The Hall–Kier alpha value is -5.57. The van der Waals surface area contributed by atoms with Crippen LogP contribution in [0.4, 0.5) is 4.79 Å². The van der Waals surface area contributed by atoms with E-state index in [9.17, 15) is 54.0 Å². The number of carbonyl (C=O) groups is 7. The Kier molecular flexibility index (Phi) is 17.5. The number of aryl methyl sites for hydroxylation is 2. The van der Waals surface area contributed by atoms with Crippen LogP contribution in [0.3, 0.4) is 0 Å². The largest absolute Gasteiger partial charge is 0.481 e. The van der Waals surface area contributed by atoms with Crippen LogP contribution in [0.2, 0.25) is 0 Å². The predicted octanol–water partition coefficient (Wildman–Crippen LogP) is -1.89. The van der Waals surface area contributed by atoms with Crippen molar-refractivity contribution in [3.63, 3.8) is 0 Å². The van der Waals surface area contributed by atoms with E-state index in [1.165, 1.54) is 0 Å². The molecule has 2 unspecified atom stereocenters.